The van der Waals surface area contributed by atoms with Crippen molar-refractivity contribution in [3.63, 3.8) is 0 Å². The Bertz CT molecular complexity index is 1200. The number of Topliss-reactive ketones (excluding diaryl/α,β-unsaturated/α-hetero) is 1. The van der Waals surface area contributed by atoms with Gasteiger partial charge in [0.25, 0.3) is 0 Å². The average Bonchev–Trinajstić information content (AvgIpc) is 3.40. The fourth-order valence-corrected chi connectivity index (χ4v) is 9.08. The summed E-state index contributed by atoms with van der Waals surface area (Å²) in [6, 6.07) is 7.88. The molecule has 5 aliphatic rings. The molecule has 1 heterocycles. The second-order valence-corrected chi connectivity index (χ2v) is 12.9. The number of allylic oxidation sites excluding steroid dienone is 4. The quantitative estimate of drug-likeness (QED) is 0.507. The predicted octanol–water partition coefficient (Wildman–Crippen LogP) is 5.37. The molecule has 210 valence electrons. The third-order valence-corrected chi connectivity index (χ3v) is 10.9. The normalized spacial score (nSPS) is 42.3. The lowest BCUT2D eigenvalue weighted by Gasteiger charge is -2.59. The molecular weight excluding hydrogens is 492 g/mol. The first kappa shape index (κ1) is 26.9. The van der Waals surface area contributed by atoms with Crippen molar-refractivity contribution in [3.05, 3.63) is 53.6 Å². The number of aliphatic hydroxyl groups excluding tert-OH is 1. The van der Waals surface area contributed by atoms with Gasteiger partial charge in [-0.05, 0) is 80.2 Å². The van der Waals surface area contributed by atoms with Gasteiger partial charge in [-0.3, -0.25) is 9.59 Å². The molecule has 1 aromatic carbocycles. The van der Waals surface area contributed by atoms with Crippen molar-refractivity contribution in [1.82, 2.24) is 0 Å². The molecule has 9 atom stereocenters. The Hall–Kier alpha value is -2.28. The van der Waals surface area contributed by atoms with E-state index < -0.39 is 23.4 Å². The second kappa shape index (κ2) is 9.67. The Kier molecular flexibility index (Phi) is 6.68. The largest absolute Gasteiger partial charge is 0.486 e. The number of carbonyl (C=O) groups excluding carboxylic acids is 2. The third kappa shape index (κ3) is 3.93. The maximum atomic E-state index is 14.3. The molecule has 1 saturated heterocycles. The van der Waals surface area contributed by atoms with Gasteiger partial charge in [0.15, 0.2) is 17.7 Å². The summed E-state index contributed by atoms with van der Waals surface area (Å²) in [7, 11) is 0. The van der Waals surface area contributed by atoms with E-state index in [4.69, 9.17) is 14.2 Å². The minimum atomic E-state index is -1.15. The monoisotopic (exact) mass is 534 g/mol. The van der Waals surface area contributed by atoms with Crippen LogP contribution in [0, 0.1) is 28.6 Å². The van der Waals surface area contributed by atoms with Gasteiger partial charge in [0.1, 0.15) is 12.4 Å². The lowest BCUT2D eigenvalue weighted by atomic mass is 9.46. The molecule has 0 radical (unpaired) electrons. The molecule has 0 aromatic heterocycles. The summed E-state index contributed by atoms with van der Waals surface area (Å²) in [4.78, 5) is 26.4. The van der Waals surface area contributed by atoms with E-state index in [0.29, 0.717) is 12.2 Å². The van der Waals surface area contributed by atoms with Crippen LogP contribution in [-0.2, 0) is 25.5 Å². The van der Waals surface area contributed by atoms with E-state index in [1.165, 1.54) is 5.56 Å². The van der Waals surface area contributed by atoms with Crippen LogP contribution >= 0.6 is 0 Å². The van der Waals surface area contributed by atoms with Crippen LogP contribution in [-0.4, -0.2) is 47.4 Å². The summed E-state index contributed by atoms with van der Waals surface area (Å²) < 4.78 is 19.3. The summed E-state index contributed by atoms with van der Waals surface area (Å²) in [5.74, 6) is 0.963. The smallest absolute Gasteiger partial charge is 0.205 e. The van der Waals surface area contributed by atoms with Gasteiger partial charge in [-0.2, -0.15) is 0 Å². The summed E-state index contributed by atoms with van der Waals surface area (Å²) in [5, 5.41) is 11.8. The third-order valence-electron chi connectivity index (χ3n) is 10.9. The van der Waals surface area contributed by atoms with Gasteiger partial charge in [0.05, 0.1) is 12.2 Å². The van der Waals surface area contributed by atoms with E-state index in [0.717, 1.165) is 44.1 Å². The van der Waals surface area contributed by atoms with Crippen LogP contribution in [0.25, 0.3) is 0 Å². The van der Waals surface area contributed by atoms with Gasteiger partial charge in [-0.25, -0.2) is 0 Å². The number of rotatable bonds is 7. The Balaban J connectivity index is 1.32. The molecule has 1 aliphatic heterocycles. The zero-order valence-electron chi connectivity index (χ0n) is 23.7. The summed E-state index contributed by atoms with van der Waals surface area (Å²) in [6.45, 7) is 8.43. The van der Waals surface area contributed by atoms with Crippen molar-refractivity contribution in [2.75, 3.05) is 6.61 Å². The Morgan fingerprint density at radius 3 is 2.67 bits per heavy atom. The fraction of sp³-hybridized carbons (Fsp3) is 0.636. The molecule has 6 heteroatoms. The van der Waals surface area contributed by atoms with E-state index in [1.807, 2.05) is 30.3 Å². The zero-order valence-corrected chi connectivity index (χ0v) is 23.7. The number of aryl methyl sites for hydroxylation is 1. The molecule has 0 amide bonds. The topological polar surface area (TPSA) is 82.1 Å². The minimum Gasteiger partial charge on any atom is -0.486 e. The van der Waals surface area contributed by atoms with Crippen molar-refractivity contribution in [3.8, 4) is 5.75 Å². The van der Waals surface area contributed by atoms with Gasteiger partial charge in [0, 0.05) is 16.7 Å². The molecule has 0 spiro atoms. The standard InChI is InChI=1S/C33H42O6/c1-5-7-29-38-28-17-25-24-13-10-21-16-22(34)14-15-31(21,3)30(24)26(35)18-32(25,4)33(28,39-29)27(36)19-37-23-11-8-20(6-2)9-12-23/h8-9,11-12,14-16,24-26,28-30,35H,5-7,10,13,17-19H2,1-4H3. The maximum Gasteiger partial charge on any atom is 0.205 e. The lowest BCUT2D eigenvalue weighted by Crippen LogP contribution is -2.63. The molecule has 4 fully saturated rings. The van der Waals surface area contributed by atoms with Crippen molar-refractivity contribution >= 4 is 11.6 Å². The van der Waals surface area contributed by atoms with E-state index in [9.17, 15) is 14.7 Å². The van der Waals surface area contributed by atoms with Crippen LogP contribution in [0.2, 0.25) is 0 Å². The Labute approximate surface area is 231 Å². The highest BCUT2D eigenvalue weighted by Crippen LogP contribution is 2.69. The van der Waals surface area contributed by atoms with Gasteiger partial charge >= 0.3 is 0 Å². The van der Waals surface area contributed by atoms with Crippen LogP contribution < -0.4 is 4.74 Å². The van der Waals surface area contributed by atoms with Crippen molar-refractivity contribution in [2.45, 2.75) is 96.7 Å². The predicted molar refractivity (Wildman–Crippen MR) is 147 cm³/mol. The summed E-state index contributed by atoms with van der Waals surface area (Å²) in [6.07, 6.45) is 9.53. The second-order valence-electron chi connectivity index (χ2n) is 12.9. The van der Waals surface area contributed by atoms with E-state index in [2.05, 4.69) is 27.7 Å². The van der Waals surface area contributed by atoms with Crippen LogP contribution in [0.15, 0.2) is 48.1 Å². The average molecular weight is 535 g/mol. The summed E-state index contributed by atoms with van der Waals surface area (Å²) in [5.41, 5.74) is 0.255. The van der Waals surface area contributed by atoms with Gasteiger partial charge < -0.3 is 19.3 Å². The Morgan fingerprint density at radius 2 is 1.95 bits per heavy atom. The van der Waals surface area contributed by atoms with Crippen molar-refractivity contribution in [2.24, 2.45) is 28.6 Å². The number of fused-ring (bicyclic) bond motifs is 7. The first-order chi connectivity index (χ1) is 18.7. The van der Waals surface area contributed by atoms with Crippen LogP contribution in [0.3, 0.4) is 0 Å². The Morgan fingerprint density at radius 1 is 1.18 bits per heavy atom. The molecule has 0 bridgehead atoms. The van der Waals surface area contributed by atoms with Gasteiger partial charge in [-0.15, -0.1) is 0 Å². The van der Waals surface area contributed by atoms with Crippen LogP contribution in [0.1, 0.15) is 71.8 Å². The molecule has 1 N–H and O–H groups in total. The lowest BCUT2D eigenvalue weighted by molar-refractivity contribution is -0.200. The first-order valence-corrected chi connectivity index (χ1v) is 14.9. The molecule has 9 unspecified atom stereocenters. The number of benzene rings is 1. The van der Waals surface area contributed by atoms with E-state index in [-0.39, 0.29) is 47.4 Å². The highest BCUT2D eigenvalue weighted by atomic mass is 16.7. The molecule has 3 saturated carbocycles. The van der Waals surface area contributed by atoms with Crippen LogP contribution in [0.4, 0.5) is 0 Å². The number of carbonyl (C=O) groups is 2. The van der Waals surface area contributed by atoms with Crippen LogP contribution in [0.5, 0.6) is 5.75 Å². The molecular formula is C33H42O6. The first-order valence-electron chi connectivity index (χ1n) is 14.9. The van der Waals surface area contributed by atoms with Crippen molar-refractivity contribution in [1.29, 1.82) is 0 Å². The molecule has 6 nitrogen and oxygen atoms in total. The van der Waals surface area contributed by atoms with Crippen molar-refractivity contribution < 1.29 is 28.9 Å². The molecule has 39 heavy (non-hydrogen) atoms. The fourth-order valence-electron chi connectivity index (χ4n) is 9.08. The van der Waals surface area contributed by atoms with E-state index >= 15 is 0 Å². The molecule has 4 aliphatic carbocycles. The van der Waals surface area contributed by atoms with Gasteiger partial charge in [0.2, 0.25) is 5.78 Å². The molecule has 6 rings (SSSR count). The minimum absolute atomic E-state index is 0.00864. The number of hydrogen-bond acceptors (Lipinski definition) is 6. The molecule has 1 aromatic rings. The van der Waals surface area contributed by atoms with Gasteiger partial charge in [-0.1, -0.05) is 57.9 Å². The number of aliphatic hydroxyl groups is 1. The highest BCUT2D eigenvalue weighted by molar-refractivity contribution is 6.01. The number of hydrogen-bond donors (Lipinski definition) is 1. The SMILES string of the molecule is CCCC1OC2CC3C4CCC5=CC(=O)C=CC5(C)C4C(O)CC3(C)C2(C(=O)COc2ccc(CC)cc2)O1. The maximum absolute atomic E-state index is 14.3. The zero-order chi connectivity index (χ0) is 27.6. The van der Waals surface area contributed by atoms with E-state index in [1.54, 1.807) is 12.2 Å². The summed E-state index contributed by atoms with van der Waals surface area (Å²) >= 11 is 0. The number of ketones is 2. The highest BCUT2D eigenvalue weighted by Gasteiger charge is 2.75. The number of ether oxygens (including phenoxy) is 3.